The third-order valence-electron chi connectivity index (χ3n) is 3.91. The van der Waals surface area contributed by atoms with E-state index in [0.29, 0.717) is 11.4 Å². The van der Waals surface area contributed by atoms with Crippen LogP contribution < -0.4 is 10.9 Å². The van der Waals surface area contributed by atoms with Gasteiger partial charge >= 0.3 is 5.97 Å². The zero-order valence-corrected chi connectivity index (χ0v) is 15.4. The van der Waals surface area contributed by atoms with Crippen LogP contribution in [0.3, 0.4) is 0 Å². The monoisotopic (exact) mass is 391 g/mol. The van der Waals surface area contributed by atoms with Crippen molar-refractivity contribution in [1.29, 1.82) is 0 Å². The van der Waals surface area contributed by atoms with Crippen molar-refractivity contribution < 1.29 is 13.9 Å². The Hall–Kier alpha value is -3.07. The Morgan fingerprint density at radius 2 is 2.04 bits per heavy atom. The zero-order chi connectivity index (χ0) is 19.7. The molecule has 3 rings (SSSR count). The van der Waals surface area contributed by atoms with E-state index >= 15 is 0 Å². The molecule has 2 N–H and O–H groups in total. The Kier molecular flexibility index (Phi) is 5.04. The fourth-order valence-electron chi connectivity index (χ4n) is 2.56. The highest BCUT2D eigenvalue weighted by molar-refractivity contribution is 6.32. The Morgan fingerprint density at radius 3 is 2.67 bits per heavy atom. The Bertz CT molecular complexity index is 1080. The predicted octanol–water partition coefficient (Wildman–Crippen LogP) is 2.77. The third-order valence-corrected chi connectivity index (χ3v) is 4.30. The van der Waals surface area contributed by atoms with Crippen LogP contribution in [0.2, 0.25) is 5.02 Å². The maximum absolute atomic E-state index is 14.6. The molecule has 2 aromatic heterocycles. The van der Waals surface area contributed by atoms with Crippen molar-refractivity contribution in [1.82, 2.24) is 19.9 Å². The molecular weight excluding hydrogens is 377 g/mol. The lowest BCUT2D eigenvalue weighted by Crippen LogP contribution is -2.15. The molecule has 0 aliphatic carbocycles. The smallest absolute Gasteiger partial charge is 0.341 e. The second kappa shape index (κ2) is 7.28. The van der Waals surface area contributed by atoms with Gasteiger partial charge in [0.2, 0.25) is 5.95 Å². The second-order valence-corrected chi connectivity index (χ2v) is 6.17. The largest absolute Gasteiger partial charge is 0.465 e. The van der Waals surface area contributed by atoms with Gasteiger partial charge in [-0.2, -0.15) is 0 Å². The third kappa shape index (κ3) is 3.59. The van der Waals surface area contributed by atoms with Crippen molar-refractivity contribution in [3.8, 4) is 0 Å². The number of hydrogen-bond acceptors (Lipinski definition) is 7. The number of carbonyl (C=O) groups excluding carboxylic acids is 1. The lowest BCUT2D eigenvalue weighted by atomic mass is 10.1. The molecule has 1 atom stereocenters. The molecule has 1 aromatic carbocycles. The van der Waals surface area contributed by atoms with Gasteiger partial charge < -0.3 is 15.0 Å². The van der Waals surface area contributed by atoms with Crippen LogP contribution in [0.15, 0.2) is 23.3 Å². The summed E-state index contributed by atoms with van der Waals surface area (Å²) in [5.41, 5.74) is -0.00648. The summed E-state index contributed by atoms with van der Waals surface area (Å²) in [7, 11) is 1.25. The number of aryl methyl sites for hydroxylation is 1. The lowest BCUT2D eigenvalue weighted by molar-refractivity contribution is 0.0600. The van der Waals surface area contributed by atoms with Crippen LogP contribution in [-0.2, 0) is 4.74 Å². The highest BCUT2D eigenvalue weighted by atomic mass is 35.5. The minimum Gasteiger partial charge on any atom is -0.465 e. The normalized spacial score (nSPS) is 12.0. The van der Waals surface area contributed by atoms with Gasteiger partial charge in [0.05, 0.1) is 29.1 Å². The quantitative estimate of drug-likeness (QED) is 0.658. The molecule has 0 bridgehead atoms. The zero-order valence-electron chi connectivity index (χ0n) is 14.6. The van der Waals surface area contributed by atoms with E-state index in [1.165, 1.54) is 25.6 Å². The number of methoxy groups -OCH3 is 1. The molecule has 1 unspecified atom stereocenters. The molecule has 0 fully saturated rings. The number of ether oxygens (including phenoxy) is 1. The maximum Gasteiger partial charge on any atom is 0.341 e. The van der Waals surface area contributed by atoms with E-state index in [-0.39, 0.29) is 27.4 Å². The number of benzene rings is 1. The van der Waals surface area contributed by atoms with Crippen LogP contribution in [0.1, 0.15) is 34.7 Å². The number of carbonyl (C=O) groups is 1. The molecule has 140 valence electrons. The summed E-state index contributed by atoms with van der Waals surface area (Å²) in [6.45, 7) is 3.27. The number of esters is 1. The van der Waals surface area contributed by atoms with Crippen LogP contribution in [0, 0.1) is 12.7 Å². The molecule has 3 aromatic rings. The maximum atomic E-state index is 14.6. The summed E-state index contributed by atoms with van der Waals surface area (Å²) in [5, 5.41) is 2.89. The molecule has 2 heterocycles. The molecule has 0 radical (unpaired) electrons. The van der Waals surface area contributed by atoms with Gasteiger partial charge in [0.25, 0.3) is 5.56 Å². The Balaban J connectivity index is 1.96. The van der Waals surface area contributed by atoms with Crippen molar-refractivity contribution in [3.63, 3.8) is 0 Å². The van der Waals surface area contributed by atoms with Crippen molar-refractivity contribution in [2.24, 2.45) is 0 Å². The molecule has 0 saturated heterocycles. The molecule has 0 spiro atoms. The molecule has 0 saturated carbocycles. The Labute approximate surface area is 157 Å². The standard InChI is InChI=1S/C17H15ClFN5O3/c1-7(22-17-20-5-9(6-21-17)16(26)27-3)10-4-11-14(13(19)12(10)18)23-8(2)24-15(11)25/h4-7H,1-3H3,(H,20,21,22)(H,23,24,25). The van der Waals surface area contributed by atoms with E-state index < -0.39 is 23.4 Å². The highest BCUT2D eigenvalue weighted by Crippen LogP contribution is 2.31. The molecular formula is C17H15ClFN5O3. The number of rotatable bonds is 4. The van der Waals surface area contributed by atoms with Gasteiger partial charge in [-0.25, -0.2) is 24.1 Å². The lowest BCUT2D eigenvalue weighted by Gasteiger charge is -2.17. The number of aromatic nitrogens is 4. The number of hydrogen-bond donors (Lipinski definition) is 2. The Morgan fingerprint density at radius 1 is 1.37 bits per heavy atom. The summed E-state index contributed by atoms with van der Waals surface area (Å²) in [5.74, 6) is -0.839. The summed E-state index contributed by atoms with van der Waals surface area (Å²) in [6.07, 6.45) is 2.60. The number of nitrogens with zero attached hydrogens (tertiary/aromatic N) is 3. The second-order valence-electron chi connectivity index (χ2n) is 5.79. The van der Waals surface area contributed by atoms with Gasteiger partial charge in [0.1, 0.15) is 11.3 Å². The summed E-state index contributed by atoms with van der Waals surface area (Å²) in [4.78, 5) is 38.1. The van der Waals surface area contributed by atoms with Crippen LogP contribution in [0.4, 0.5) is 10.3 Å². The van der Waals surface area contributed by atoms with E-state index in [1.807, 2.05) is 0 Å². The van der Waals surface area contributed by atoms with Crippen molar-refractivity contribution in [2.45, 2.75) is 19.9 Å². The SMILES string of the molecule is COC(=O)c1cnc(NC(C)c2cc3c(=O)[nH]c(C)nc3c(F)c2Cl)nc1. The number of nitrogens with one attached hydrogen (secondary N) is 2. The van der Waals surface area contributed by atoms with Crippen LogP contribution in [-0.4, -0.2) is 33.0 Å². The minimum absolute atomic E-state index is 0.0871. The van der Waals surface area contributed by atoms with Crippen LogP contribution in [0.5, 0.6) is 0 Å². The van der Waals surface area contributed by atoms with Crippen LogP contribution >= 0.6 is 11.6 Å². The van der Waals surface area contributed by atoms with E-state index in [0.717, 1.165) is 0 Å². The first kappa shape index (κ1) is 18.7. The van der Waals surface area contributed by atoms with E-state index in [9.17, 15) is 14.0 Å². The summed E-state index contributed by atoms with van der Waals surface area (Å²) >= 11 is 6.15. The van der Waals surface area contributed by atoms with Gasteiger partial charge in [0, 0.05) is 12.4 Å². The van der Waals surface area contributed by atoms with E-state index in [2.05, 4.69) is 30.0 Å². The van der Waals surface area contributed by atoms with Gasteiger partial charge in [-0.3, -0.25) is 4.79 Å². The summed E-state index contributed by atoms with van der Waals surface area (Å²) < 4.78 is 19.2. The van der Waals surface area contributed by atoms with Crippen LogP contribution in [0.25, 0.3) is 10.9 Å². The number of H-pyrrole nitrogens is 1. The van der Waals surface area contributed by atoms with Crippen molar-refractivity contribution in [2.75, 3.05) is 12.4 Å². The molecule has 0 aliphatic rings. The summed E-state index contributed by atoms with van der Waals surface area (Å²) in [6, 6.07) is 0.952. The van der Waals surface area contributed by atoms with Gasteiger partial charge in [0.15, 0.2) is 5.82 Å². The predicted molar refractivity (Wildman–Crippen MR) is 97.5 cm³/mol. The first-order valence-electron chi connectivity index (χ1n) is 7.87. The van der Waals surface area contributed by atoms with Crippen molar-refractivity contribution >= 4 is 34.4 Å². The highest BCUT2D eigenvalue weighted by Gasteiger charge is 2.20. The van der Waals surface area contributed by atoms with Crippen molar-refractivity contribution in [3.05, 3.63) is 56.6 Å². The first-order valence-corrected chi connectivity index (χ1v) is 8.25. The van der Waals surface area contributed by atoms with E-state index in [1.54, 1.807) is 13.8 Å². The van der Waals surface area contributed by atoms with Gasteiger partial charge in [-0.15, -0.1) is 0 Å². The molecule has 8 nitrogen and oxygen atoms in total. The molecule has 0 amide bonds. The molecule has 0 aliphatic heterocycles. The van der Waals surface area contributed by atoms with Gasteiger partial charge in [-0.1, -0.05) is 11.6 Å². The number of anilines is 1. The fourth-order valence-corrected chi connectivity index (χ4v) is 2.87. The number of aromatic amines is 1. The molecule has 27 heavy (non-hydrogen) atoms. The molecule has 10 heteroatoms. The number of fused-ring (bicyclic) bond motifs is 1. The fraction of sp³-hybridized carbons (Fsp3) is 0.235. The average Bonchev–Trinajstić information content (AvgIpc) is 2.64. The average molecular weight is 392 g/mol. The minimum atomic E-state index is -0.769. The number of halogens is 2. The van der Waals surface area contributed by atoms with Gasteiger partial charge in [-0.05, 0) is 25.5 Å². The topological polar surface area (TPSA) is 110 Å². The first-order chi connectivity index (χ1) is 12.8. The van der Waals surface area contributed by atoms with E-state index in [4.69, 9.17) is 11.6 Å².